The van der Waals surface area contributed by atoms with Gasteiger partial charge in [0.15, 0.2) is 0 Å². The van der Waals surface area contributed by atoms with Gasteiger partial charge in [-0.2, -0.15) is 5.26 Å². The van der Waals surface area contributed by atoms with Gasteiger partial charge in [-0.1, -0.05) is 0 Å². The van der Waals surface area contributed by atoms with Crippen LogP contribution in [0.3, 0.4) is 0 Å². The number of rotatable bonds is 2. The SMILES string of the molecule is CNC(=O)c1sc(N2CCC(C)(O)CC2)c(C#N)c1N. The molecule has 1 fully saturated rings. The van der Waals surface area contributed by atoms with Crippen molar-refractivity contribution in [3.63, 3.8) is 0 Å². The lowest BCUT2D eigenvalue weighted by Gasteiger charge is -2.36. The summed E-state index contributed by atoms with van der Waals surface area (Å²) >= 11 is 1.23. The Balaban J connectivity index is 2.33. The molecule has 108 valence electrons. The number of amides is 1. The largest absolute Gasteiger partial charge is 0.396 e. The second-order valence-corrected chi connectivity index (χ2v) is 6.20. The molecule has 1 aliphatic heterocycles. The summed E-state index contributed by atoms with van der Waals surface area (Å²) in [6.07, 6.45) is 1.26. The van der Waals surface area contributed by atoms with E-state index in [0.29, 0.717) is 36.4 Å². The van der Waals surface area contributed by atoms with Gasteiger partial charge >= 0.3 is 0 Å². The van der Waals surface area contributed by atoms with Crippen LogP contribution in [0.15, 0.2) is 0 Å². The van der Waals surface area contributed by atoms with Gasteiger partial charge in [-0.25, -0.2) is 0 Å². The lowest BCUT2D eigenvalue weighted by atomic mass is 9.94. The van der Waals surface area contributed by atoms with Crippen molar-refractivity contribution in [1.29, 1.82) is 5.26 Å². The zero-order valence-electron chi connectivity index (χ0n) is 11.6. The number of nitriles is 1. The summed E-state index contributed by atoms with van der Waals surface area (Å²) in [6, 6.07) is 2.08. The number of nitrogens with two attached hydrogens (primary N) is 1. The maximum absolute atomic E-state index is 11.8. The number of aliphatic hydroxyl groups is 1. The second kappa shape index (κ2) is 5.31. The van der Waals surface area contributed by atoms with Crippen molar-refractivity contribution in [3.05, 3.63) is 10.4 Å². The van der Waals surface area contributed by atoms with Crippen LogP contribution in [0.25, 0.3) is 0 Å². The Hall–Kier alpha value is -1.78. The highest BCUT2D eigenvalue weighted by atomic mass is 32.1. The van der Waals surface area contributed by atoms with Crippen LogP contribution in [0, 0.1) is 11.3 Å². The van der Waals surface area contributed by atoms with Crippen LogP contribution in [0.4, 0.5) is 10.7 Å². The summed E-state index contributed by atoms with van der Waals surface area (Å²) in [5, 5.41) is 22.5. The van der Waals surface area contributed by atoms with Gasteiger partial charge in [0.25, 0.3) is 5.91 Å². The molecule has 1 aromatic heterocycles. The number of nitrogens with one attached hydrogen (secondary N) is 1. The summed E-state index contributed by atoms with van der Waals surface area (Å²) < 4.78 is 0. The summed E-state index contributed by atoms with van der Waals surface area (Å²) in [7, 11) is 1.53. The zero-order valence-corrected chi connectivity index (χ0v) is 12.4. The van der Waals surface area contributed by atoms with Crippen LogP contribution in [-0.4, -0.2) is 36.8 Å². The van der Waals surface area contributed by atoms with Gasteiger partial charge in [0.05, 0.1) is 11.3 Å². The topological polar surface area (TPSA) is 102 Å². The van der Waals surface area contributed by atoms with Crippen LogP contribution in [0.1, 0.15) is 35.0 Å². The third-order valence-electron chi connectivity index (χ3n) is 3.60. The molecule has 0 atom stereocenters. The van der Waals surface area contributed by atoms with E-state index >= 15 is 0 Å². The Bertz CT molecular complexity index is 564. The van der Waals surface area contributed by atoms with E-state index in [0.717, 1.165) is 5.00 Å². The van der Waals surface area contributed by atoms with Gasteiger partial charge in [-0.05, 0) is 19.8 Å². The average Bonchev–Trinajstić information content (AvgIpc) is 2.75. The number of nitrogen functional groups attached to an aromatic ring is 1. The first-order valence-electron chi connectivity index (χ1n) is 6.41. The molecule has 0 aromatic carbocycles. The van der Waals surface area contributed by atoms with Crippen LogP contribution >= 0.6 is 11.3 Å². The maximum Gasteiger partial charge on any atom is 0.263 e. The molecule has 20 heavy (non-hydrogen) atoms. The Kier molecular flexibility index (Phi) is 3.88. The first kappa shape index (κ1) is 14.6. The zero-order chi connectivity index (χ0) is 14.9. The van der Waals surface area contributed by atoms with Gasteiger partial charge in [-0.15, -0.1) is 11.3 Å². The molecule has 1 aromatic rings. The molecule has 0 unspecified atom stereocenters. The molecule has 7 heteroatoms. The molecule has 0 bridgehead atoms. The Morgan fingerprint density at radius 1 is 1.55 bits per heavy atom. The lowest BCUT2D eigenvalue weighted by Crippen LogP contribution is -2.42. The Labute approximate surface area is 121 Å². The molecule has 4 N–H and O–H groups in total. The van der Waals surface area contributed by atoms with Crippen molar-refractivity contribution < 1.29 is 9.90 Å². The molecule has 1 saturated heterocycles. The van der Waals surface area contributed by atoms with E-state index in [2.05, 4.69) is 11.4 Å². The summed E-state index contributed by atoms with van der Waals surface area (Å²) in [4.78, 5) is 14.1. The summed E-state index contributed by atoms with van der Waals surface area (Å²) in [6.45, 7) is 3.11. The fraction of sp³-hybridized carbons (Fsp3) is 0.538. The highest BCUT2D eigenvalue weighted by Gasteiger charge is 2.31. The molecule has 0 spiro atoms. The van der Waals surface area contributed by atoms with E-state index in [1.807, 2.05) is 11.8 Å². The van der Waals surface area contributed by atoms with Crippen molar-refractivity contribution >= 4 is 27.9 Å². The van der Waals surface area contributed by atoms with Crippen molar-refractivity contribution in [2.75, 3.05) is 30.8 Å². The van der Waals surface area contributed by atoms with Crippen LogP contribution in [0.2, 0.25) is 0 Å². The summed E-state index contributed by atoms with van der Waals surface area (Å²) in [5.41, 5.74) is 5.84. The van der Waals surface area contributed by atoms with E-state index in [9.17, 15) is 15.2 Å². The molecule has 0 radical (unpaired) electrons. The molecule has 0 aliphatic carbocycles. The predicted octanol–water partition coefficient (Wildman–Crippen LogP) is 0.913. The highest BCUT2D eigenvalue weighted by molar-refractivity contribution is 7.19. The number of carbonyl (C=O) groups excluding carboxylic acids is 1. The molecule has 1 amide bonds. The molecular weight excluding hydrogens is 276 g/mol. The number of piperidine rings is 1. The fourth-order valence-electron chi connectivity index (χ4n) is 2.24. The predicted molar refractivity (Wildman–Crippen MR) is 78.9 cm³/mol. The smallest absolute Gasteiger partial charge is 0.263 e. The second-order valence-electron chi connectivity index (χ2n) is 5.20. The van der Waals surface area contributed by atoms with E-state index in [-0.39, 0.29) is 11.6 Å². The quantitative estimate of drug-likeness (QED) is 0.752. The number of hydrogen-bond acceptors (Lipinski definition) is 6. The average molecular weight is 294 g/mol. The van der Waals surface area contributed by atoms with Gasteiger partial charge in [0.2, 0.25) is 0 Å². The number of anilines is 2. The minimum Gasteiger partial charge on any atom is -0.396 e. The summed E-state index contributed by atoms with van der Waals surface area (Å²) in [5.74, 6) is -0.278. The molecule has 1 aliphatic rings. The lowest BCUT2D eigenvalue weighted by molar-refractivity contribution is 0.0352. The monoisotopic (exact) mass is 294 g/mol. The van der Waals surface area contributed by atoms with Crippen LogP contribution in [-0.2, 0) is 0 Å². The van der Waals surface area contributed by atoms with Gasteiger partial charge in [0, 0.05) is 20.1 Å². The number of thiophene rings is 1. The molecular formula is C13H18N4O2S. The first-order valence-corrected chi connectivity index (χ1v) is 7.23. The Morgan fingerprint density at radius 3 is 2.65 bits per heavy atom. The van der Waals surface area contributed by atoms with E-state index < -0.39 is 5.60 Å². The fourth-order valence-corrected chi connectivity index (χ4v) is 3.41. The normalized spacial score (nSPS) is 17.6. The first-order chi connectivity index (χ1) is 9.39. The number of hydrogen-bond donors (Lipinski definition) is 3. The maximum atomic E-state index is 11.8. The van der Waals surface area contributed by atoms with Gasteiger partial charge in [-0.3, -0.25) is 4.79 Å². The minimum absolute atomic E-state index is 0.240. The number of carbonyl (C=O) groups is 1. The third-order valence-corrected chi connectivity index (χ3v) is 4.86. The number of nitrogens with zero attached hydrogens (tertiary/aromatic N) is 2. The van der Waals surface area contributed by atoms with Crippen molar-refractivity contribution in [3.8, 4) is 6.07 Å². The van der Waals surface area contributed by atoms with Crippen molar-refractivity contribution in [2.45, 2.75) is 25.4 Å². The van der Waals surface area contributed by atoms with Crippen LogP contribution < -0.4 is 16.0 Å². The molecule has 6 nitrogen and oxygen atoms in total. The van der Waals surface area contributed by atoms with E-state index in [1.165, 1.54) is 18.4 Å². The molecule has 2 rings (SSSR count). The van der Waals surface area contributed by atoms with Crippen LogP contribution in [0.5, 0.6) is 0 Å². The Morgan fingerprint density at radius 2 is 2.15 bits per heavy atom. The van der Waals surface area contributed by atoms with E-state index in [4.69, 9.17) is 5.73 Å². The standard InChI is InChI=1S/C13H18N4O2S/c1-13(19)3-5-17(6-4-13)12-8(7-14)9(15)10(20-12)11(18)16-2/h19H,3-6,15H2,1-2H3,(H,16,18). The van der Waals surface area contributed by atoms with Crippen molar-refractivity contribution in [1.82, 2.24) is 5.32 Å². The molecule has 0 saturated carbocycles. The van der Waals surface area contributed by atoms with Gasteiger partial charge in [0.1, 0.15) is 21.5 Å². The van der Waals surface area contributed by atoms with Crippen molar-refractivity contribution in [2.24, 2.45) is 0 Å². The highest BCUT2D eigenvalue weighted by Crippen LogP contribution is 2.39. The van der Waals surface area contributed by atoms with Gasteiger partial charge < -0.3 is 21.1 Å². The van der Waals surface area contributed by atoms with E-state index in [1.54, 1.807) is 0 Å². The molecule has 2 heterocycles. The minimum atomic E-state index is -0.657. The third kappa shape index (κ3) is 2.57.